The predicted octanol–water partition coefficient (Wildman–Crippen LogP) is 5.59. The number of carboxylic acids is 1. The summed E-state index contributed by atoms with van der Waals surface area (Å²) in [5, 5.41) is 12.1. The fourth-order valence-corrected chi connectivity index (χ4v) is 3.00. The van der Waals surface area contributed by atoms with Crippen LogP contribution in [0.25, 0.3) is 16.3 Å². The Morgan fingerprint density at radius 1 is 0.958 bits per heavy atom. The number of benzene rings is 3. The Kier molecular flexibility index (Phi) is 4.97. The third-order valence-corrected chi connectivity index (χ3v) is 4.28. The van der Waals surface area contributed by atoms with E-state index in [-0.39, 0.29) is 0 Å². The van der Waals surface area contributed by atoms with Gasteiger partial charge in [-0.15, -0.1) is 0 Å². The first kappa shape index (κ1) is 16.3. The summed E-state index contributed by atoms with van der Waals surface area (Å²) >= 11 is 5.92. The summed E-state index contributed by atoms with van der Waals surface area (Å²) in [6.45, 7) is 0. The zero-order valence-electron chi connectivity index (χ0n) is 13.1. The highest BCUT2D eigenvalue weighted by atomic mass is 35.5. The van der Waals surface area contributed by atoms with Gasteiger partial charge in [0.15, 0.2) is 0 Å². The molecule has 3 heteroatoms. The number of hydrogen-bond acceptors (Lipinski definition) is 1. The van der Waals surface area contributed by atoms with E-state index in [0.29, 0.717) is 11.4 Å². The molecule has 0 spiro atoms. The monoisotopic (exact) mass is 336 g/mol. The van der Waals surface area contributed by atoms with E-state index in [0.717, 1.165) is 33.9 Å². The Morgan fingerprint density at radius 3 is 2.42 bits per heavy atom. The second-order valence-electron chi connectivity index (χ2n) is 5.66. The van der Waals surface area contributed by atoms with Gasteiger partial charge in [-0.25, -0.2) is 4.79 Å². The molecule has 1 N–H and O–H groups in total. The number of fused-ring (bicyclic) bond motifs is 1. The molecule has 120 valence electrons. The molecule has 0 aliphatic carbocycles. The van der Waals surface area contributed by atoms with Gasteiger partial charge in [0.2, 0.25) is 0 Å². The smallest absolute Gasteiger partial charge is 0.328 e. The lowest BCUT2D eigenvalue weighted by Gasteiger charge is -2.11. The molecule has 0 heterocycles. The standard InChI is InChI=1S/C21H17ClO2/c22-18-12-9-15(10-13-18)8-11-17(14-21(23)24)20-7-3-5-16-4-1-2-6-19(16)20/h1-7,9-10,12-14H,8,11H2,(H,23,24)/b17-14+. The number of aliphatic carboxylic acids is 1. The molecule has 0 atom stereocenters. The van der Waals surface area contributed by atoms with Gasteiger partial charge in [0.25, 0.3) is 0 Å². The van der Waals surface area contributed by atoms with Crippen molar-refractivity contribution in [2.75, 3.05) is 0 Å². The largest absolute Gasteiger partial charge is 0.478 e. The zero-order valence-corrected chi connectivity index (χ0v) is 13.8. The van der Waals surface area contributed by atoms with Gasteiger partial charge in [0.05, 0.1) is 0 Å². The van der Waals surface area contributed by atoms with Crippen LogP contribution in [0.3, 0.4) is 0 Å². The van der Waals surface area contributed by atoms with Crippen LogP contribution in [0.2, 0.25) is 5.02 Å². The molecular weight excluding hydrogens is 320 g/mol. The summed E-state index contributed by atoms with van der Waals surface area (Å²) in [6.07, 6.45) is 2.74. The number of hydrogen-bond donors (Lipinski definition) is 1. The Bertz CT molecular complexity index is 890. The highest BCUT2D eigenvalue weighted by molar-refractivity contribution is 6.30. The molecule has 3 rings (SSSR count). The van der Waals surface area contributed by atoms with Gasteiger partial charge in [-0.2, -0.15) is 0 Å². The van der Waals surface area contributed by atoms with Crippen molar-refractivity contribution in [1.82, 2.24) is 0 Å². The van der Waals surface area contributed by atoms with Gasteiger partial charge in [-0.05, 0) is 52.4 Å². The molecule has 2 nitrogen and oxygen atoms in total. The summed E-state index contributed by atoms with van der Waals surface area (Å²) in [5.74, 6) is -0.922. The molecule has 0 bridgehead atoms. The average molecular weight is 337 g/mol. The van der Waals surface area contributed by atoms with Crippen molar-refractivity contribution in [3.63, 3.8) is 0 Å². The number of halogens is 1. The van der Waals surface area contributed by atoms with Crippen LogP contribution in [-0.2, 0) is 11.2 Å². The first-order chi connectivity index (χ1) is 11.6. The molecule has 0 aliphatic rings. The summed E-state index contributed by atoms with van der Waals surface area (Å²) in [6, 6.07) is 21.7. The van der Waals surface area contributed by atoms with E-state index in [1.54, 1.807) is 0 Å². The first-order valence-corrected chi connectivity index (χ1v) is 8.17. The van der Waals surface area contributed by atoms with Crippen LogP contribution in [0.4, 0.5) is 0 Å². The van der Waals surface area contributed by atoms with Crippen molar-refractivity contribution in [1.29, 1.82) is 0 Å². The van der Waals surface area contributed by atoms with Crippen LogP contribution >= 0.6 is 11.6 Å². The van der Waals surface area contributed by atoms with Crippen LogP contribution in [0.15, 0.2) is 72.8 Å². The normalized spacial score (nSPS) is 11.6. The molecule has 0 radical (unpaired) electrons. The van der Waals surface area contributed by atoms with Crippen LogP contribution in [-0.4, -0.2) is 11.1 Å². The van der Waals surface area contributed by atoms with E-state index in [1.807, 2.05) is 66.7 Å². The minimum absolute atomic E-state index is 0.655. The third kappa shape index (κ3) is 3.84. The van der Waals surface area contributed by atoms with Gasteiger partial charge >= 0.3 is 5.97 Å². The van der Waals surface area contributed by atoms with Crippen molar-refractivity contribution in [2.45, 2.75) is 12.8 Å². The molecule has 24 heavy (non-hydrogen) atoms. The molecule has 0 saturated heterocycles. The number of allylic oxidation sites excluding steroid dienone is 1. The van der Waals surface area contributed by atoms with Gasteiger partial charge in [0, 0.05) is 11.1 Å². The molecule has 0 fully saturated rings. The number of carboxylic acid groups (broad SMARTS) is 1. The number of aryl methyl sites for hydroxylation is 1. The Labute approximate surface area is 146 Å². The minimum atomic E-state index is -0.922. The van der Waals surface area contributed by atoms with Gasteiger partial charge in [0.1, 0.15) is 0 Å². The van der Waals surface area contributed by atoms with E-state index in [2.05, 4.69) is 0 Å². The topological polar surface area (TPSA) is 37.3 Å². The number of carbonyl (C=O) groups is 1. The van der Waals surface area contributed by atoms with Crippen LogP contribution < -0.4 is 0 Å². The van der Waals surface area contributed by atoms with Crippen LogP contribution in [0.1, 0.15) is 17.5 Å². The quantitative estimate of drug-likeness (QED) is 0.616. The van der Waals surface area contributed by atoms with E-state index >= 15 is 0 Å². The summed E-state index contributed by atoms with van der Waals surface area (Å²) in [4.78, 5) is 11.3. The van der Waals surface area contributed by atoms with Crippen molar-refractivity contribution < 1.29 is 9.90 Å². The summed E-state index contributed by atoms with van der Waals surface area (Å²) in [7, 11) is 0. The molecule has 3 aromatic rings. The lowest BCUT2D eigenvalue weighted by atomic mass is 9.93. The Morgan fingerprint density at radius 2 is 1.67 bits per heavy atom. The first-order valence-electron chi connectivity index (χ1n) is 7.79. The highest BCUT2D eigenvalue weighted by Gasteiger charge is 2.09. The van der Waals surface area contributed by atoms with Crippen LogP contribution in [0.5, 0.6) is 0 Å². The lowest BCUT2D eigenvalue weighted by molar-refractivity contribution is -0.131. The molecule has 0 saturated carbocycles. The van der Waals surface area contributed by atoms with E-state index in [4.69, 9.17) is 11.6 Å². The third-order valence-electron chi connectivity index (χ3n) is 4.03. The maximum absolute atomic E-state index is 11.3. The maximum atomic E-state index is 11.3. The summed E-state index contributed by atoms with van der Waals surface area (Å²) in [5.41, 5.74) is 2.94. The molecule has 0 amide bonds. The number of rotatable bonds is 5. The van der Waals surface area contributed by atoms with Crippen molar-refractivity contribution in [2.24, 2.45) is 0 Å². The molecule has 0 unspecified atom stereocenters. The van der Waals surface area contributed by atoms with E-state index in [1.165, 1.54) is 6.08 Å². The zero-order chi connectivity index (χ0) is 16.9. The van der Waals surface area contributed by atoms with Crippen molar-refractivity contribution >= 4 is 33.9 Å². The van der Waals surface area contributed by atoms with E-state index in [9.17, 15) is 9.90 Å². The van der Waals surface area contributed by atoms with E-state index < -0.39 is 5.97 Å². The van der Waals surface area contributed by atoms with Crippen LogP contribution in [0, 0.1) is 0 Å². The fourth-order valence-electron chi connectivity index (χ4n) is 2.87. The lowest BCUT2D eigenvalue weighted by Crippen LogP contribution is -1.96. The highest BCUT2D eigenvalue weighted by Crippen LogP contribution is 2.28. The van der Waals surface area contributed by atoms with Crippen molar-refractivity contribution in [3.05, 3.63) is 89.0 Å². The predicted molar refractivity (Wildman–Crippen MR) is 99.3 cm³/mol. The minimum Gasteiger partial charge on any atom is -0.478 e. The summed E-state index contributed by atoms with van der Waals surface area (Å²) < 4.78 is 0. The Hall–Kier alpha value is -2.58. The van der Waals surface area contributed by atoms with Gasteiger partial charge in [-0.1, -0.05) is 66.2 Å². The second-order valence-corrected chi connectivity index (χ2v) is 6.10. The molecule has 0 aliphatic heterocycles. The van der Waals surface area contributed by atoms with Crippen molar-refractivity contribution in [3.8, 4) is 0 Å². The average Bonchev–Trinajstić information content (AvgIpc) is 2.59. The second kappa shape index (κ2) is 7.33. The van der Waals surface area contributed by atoms with Gasteiger partial charge in [-0.3, -0.25) is 0 Å². The molecule has 3 aromatic carbocycles. The maximum Gasteiger partial charge on any atom is 0.328 e. The fraction of sp³-hybridized carbons (Fsp3) is 0.0952. The SMILES string of the molecule is O=C(O)/C=C(\CCc1ccc(Cl)cc1)c1cccc2ccccc12. The van der Waals surface area contributed by atoms with Gasteiger partial charge < -0.3 is 5.11 Å². The Balaban J connectivity index is 1.94. The molecular formula is C21H17ClO2. The molecule has 0 aromatic heterocycles.